The van der Waals surface area contributed by atoms with Gasteiger partial charge in [0.25, 0.3) is 11.4 Å². The van der Waals surface area contributed by atoms with Crippen LogP contribution in [0.4, 0.5) is 17.1 Å². The number of fused-ring (bicyclic) bond motifs is 4. The number of para-hydroxylation sites is 2. The largest absolute Gasteiger partial charge is 0.496 e. The summed E-state index contributed by atoms with van der Waals surface area (Å²) in [6.45, 7) is 3.19. The van der Waals surface area contributed by atoms with Gasteiger partial charge in [0.05, 0.1) is 0 Å². The first-order valence-corrected chi connectivity index (χ1v) is 9.05. The van der Waals surface area contributed by atoms with Crippen molar-refractivity contribution in [1.82, 2.24) is 9.56 Å². The predicted octanol–water partition coefficient (Wildman–Crippen LogP) is 5.45. The Morgan fingerprint density at radius 1 is 1.00 bits per heavy atom. The highest BCUT2D eigenvalue weighted by Crippen LogP contribution is 2.36. The lowest BCUT2D eigenvalue weighted by Gasteiger charge is -1.96. The van der Waals surface area contributed by atoms with Crippen LogP contribution in [0.2, 0.25) is 0 Å². The molecule has 26 heavy (non-hydrogen) atoms. The molecule has 126 valence electrons. The average Bonchev–Trinajstić information content (AvgIpc) is 3.24. The summed E-state index contributed by atoms with van der Waals surface area (Å²) in [7, 11) is 0. The van der Waals surface area contributed by atoms with Gasteiger partial charge in [-0.15, -0.1) is 0 Å². The highest BCUT2D eigenvalue weighted by Gasteiger charge is 2.34. The van der Waals surface area contributed by atoms with Gasteiger partial charge < -0.3 is 4.42 Å². The molecule has 2 aromatic heterocycles. The summed E-state index contributed by atoms with van der Waals surface area (Å²) in [5.41, 5.74) is 4.99. The van der Waals surface area contributed by atoms with Crippen molar-refractivity contribution < 1.29 is 8.99 Å². The van der Waals surface area contributed by atoms with Crippen LogP contribution in [0.25, 0.3) is 22.1 Å². The first-order chi connectivity index (χ1) is 12.8. The standard InChI is InChI=1S/C22H19N3O/c1-2-3-13-24-15-25(20-9-5-4-8-19(20)24)16-10-11-21-18(14-16)17-7-6-12-23-22(17)26-21/h4-12,14H,2-3,13H2,1H3/q+2. The minimum atomic E-state index is 0.680. The van der Waals surface area contributed by atoms with E-state index < -0.39 is 0 Å². The topological polar surface area (TPSA) is 32.0 Å². The van der Waals surface area contributed by atoms with E-state index in [2.05, 4.69) is 69.5 Å². The molecule has 4 aromatic rings. The Hall–Kier alpha value is -3.23. The van der Waals surface area contributed by atoms with Crippen LogP contribution in [0.15, 0.2) is 65.2 Å². The monoisotopic (exact) mass is 341 g/mol. The molecule has 0 aliphatic carbocycles. The summed E-state index contributed by atoms with van der Waals surface area (Å²) < 4.78 is 10.2. The Bertz CT molecular complexity index is 1210. The maximum Gasteiger partial charge on any atom is 0.496 e. The Balaban J connectivity index is 1.71. The Labute approximate surface area is 151 Å². The van der Waals surface area contributed by atoms with E-state index in [0.29, 0.717) is 5.71 Å². The molecule has 0 unspecified atom stereocenters. The smallest absolute Gasteiger partial charge is 0.438 e. The third-order valence-electron chi connectivity index (χ3n) is 4.86. The van der Waals surface area contributed by atoms with Gasteiger partial charge in [0.1, 0.15) is 5.58 Å². The fourth-order valence-electron chi connectivity index (χ4n) is 3.53. The van der Waals surface area contributed by atoms with Crippen LogP contribution in [-0.4, -0.2) is 22.1 Å². The van der Waals surface area contributed by atoms with Gasteiger partial charge in [0.15, 0.2) is 6.54 Å². The van der Waals surface area contributed by atoms with Crippen LogP contribution in [-0.2, 0) is 0 Å². The van der Waals surface area contributed by atoms with Crippen LogP contribution < -0.4 is 4.58 Å². The Morgan fingerprint density at radius 3 is 2.77 bits per heavy atom. The van der Waals surface area contributed by atoms with Crippen molar-refractivity contribution in [2.24, 2.45) is 0 Å². The molecule has 0 bridgehead atoms. The molecule has 2 aromatic carbocycles. The second kappa shape index (κ2) is 5.94. The molecule has 4 heteroatoms. The molecule has 0 spiro atoms. The van der Waals surface area contributed by atoms with Gasteiger partial charge >= 0.3 is 6.01 Å². The van der Waals surface area contributed by atoms with E-state index in [0.717, 1.165) is 40.7 Å². The molecular weight excluding hydrogens is 322 g/mol. The third kappa shape index (κ3) is 2.27. The van der Waals surface area contributed by atoms with Crippen molar-refractivity contribution in [3.8, 4) is 0 Å². The molecular formula is C22H19N3O+2. The van der Waals surface area contributed by atoms with Gasteiger partial charge in [-0.1, -0.05) is 30.1 Å². The normalized spacial score (nSPS) is 13.1. The predicted molar refractivity (Wildman–Crippen MR) is 104 cm³/mol. The molecule has 0 radical (unpaired) electrons. The summed E-state index contributed by atoms with van der Waals surface area (Å²) in [5.74, 6) is 0. The summed E-state index contributed by atoms with van der Waals surface area (Å²) in [5, 5.41) is 2.12. The number of aromatic nitrogens is 1. The van der Waals surface area contributed by atoms with Crippen LogP contribution in [0, 0.1) is 0 Å². The third-order valence-corrected chi connectivity index (χ3v) is 4.86. The fourth-order valence-corrected chi connectivity index (χ4v) is 3.53. The summed E-state index contributed by atoms with van der Waals surface area (Å²) in [6, 6.07) is 22.3. The van der Waals surface area contributed by atoms with Gasteiger partial charge in [0.2, 0.25) is 11.4 Å². The zero-order chi connectivity index (χ0) is 17.5. The second-order valence-corrected chi connectivity index (χ2v) is 6.57. The van der Waals surface area contributed by atoms with Gasteiger partial charge in [-0.05, 0) is 22.8 Å². The van der Waals surface area contributed by atoms with Crippen molar-refractivity contribution in [1.29, 1.82) is 0 Å². The lowest BCUT2D eigenvalue weighted by molar-refractivity contribution is -0.431. The zero-order valence-electron chi connectivity index (χ0n) is 14.6. The SMILES string of the molecule is CCCC[N+]1=C=[N+](c2ccc3oc4ncccc4c3c2)c2ccccc21. The van der Waals surface area contributed by atoms with E-state index in [4.69, 9.17) is 4.42 Å². The van der Waals surface area contributed by atoms with Crippen molar-refractivity contribution >= 4 is 45.1 Å². The van der Waals surface area contributed by atoms with Crippen LogP contribution >= 0.6 is 0 Å². The summed E-state index contributed by atoms with van der Waals surface area (Å²) >= 11 is 0. The quantitative estimate of drug-likeness (QED) is 0.462. The number of nitrogens with zero attached hydrogens (tertiary/aromatic N) is 3. The van der Waals surface area contributed by atoms with Crippen molar-refractivity contribution in [2.45, 2.75) is 19.8 Å². The van der Waals surface area contributed by atoms with Crippen LogP contribution in [0.5, 0.6) is 0 Å². The molecule has 1 aliphatic heterocycles. The molecule has 1 aliphatic rings. The number of pyridine rings is 1. The highest BCUT2D eigenvalue weighted by molar-refractivity contribution is 6.04. The molecule has 0 N–H and O–H groups in total. The number of hydrogen-bond donors (Lipinski definition) is 0. The molecule has 0 saturated carbocycles. The Morgan fingerprint density at radius 2 is 1.88 bits per heavy atom. The van der Waals surface area contributed by atoms with E-state index in [-0.39, 0.29) is 0 Å². The zero-order valence-corrected chi connectivity index (χ0v) is 14.6. The van der Waals surface area contributed by atoms with Gasteiger partial charge in [0, 0.05) is 47.7 Å². The van der Waals surface area contributed by atoms with E-state index in [9.17, 15) is 0 Å². The van der Waals surface area contributed by atoms with E-state index in [1.54, 1.807) is 6.20 Å². The molecule has 5 rings (SSSR count). The first kappa shape index (κ1) is 15.1. The van der Waals surface area contributed by atoms with Gasteiger partial charge in [-0.25, -0.2) is 4.98 Å². The number of furan rings is 1. The van der Waals surface area contributed by atoms with Gasteiger partial charge in [-0.2, -0.15) is 0 Å². The Kier molecular flexibility index (Phi) is 3.44. The molecule has 0 atom stereocenters. The molecule has 0 fully saturated rings. The number of rotatable bonds is 4. The van der Waals surface area contributed by atoms with E-state index >= 15 is 0 Å². The minimum Gasteiger partial charge on any atom is -0.438 e. The summed E-state index contributed by atoms with van der Waals surface area (Å²) in [4.78, 5) is 4.32. The average molecular weight is 341 g/mol. The van der Waals surface area contributed by atoms with E-state index in [1.807, 2.05) is 12.1 Å². The maximum absolute atomic E-state index is 5.85. The van der Waals surface area contributed by atoms with Crippen molar-refractivity contribution in [2.75, 3.05) is 6.54 Å². The number of hydrogen-bond acceptors (Lipinski definition) is 2. The lowest BCUT2D eigenvalue weighted by atomic mass is 10.1. The molecule has 4 nitrogen and oxygen atoms in total. The van der Waals surface area contributed by atoms with Gasteiger partial charge in [-0.3, -0.25) is 0 Å². The highest BCUT2D eigenvalue weighted by atomic mass is 16.3. The van der Waals surface area contributed by atoms with Crippen LogP contribution in [0.1, 0.15) is 19.8 Å². The first-order valence-electron chi connectivity index (χ1n) is 9.05. The molecule has 0 amide bonds. The fraction of sp³-hybridized carbons (Fsp3) is 0.182. The number of benzene rings is 2. The lowest BCUT2D eigenvalue weighted by Crippen LogP contribution is -2.04. The molecule has 0 saturated heterocycles. The van der Waals surface area contributed by atoms with Crippen LogP contribution in [0.3, 0.4) is 0 Å². The van der Waals surface area contributed by atoms with Crippen molar-refractivity contribution in [3.05, 3.63) is 60.8 Å². The second-order valence-electron chi connectivity index (χ2n) is 6.57. The maximum atomic E-state index is 5.85. The van der Waals surface area contributed by atoms with Crippen molar-refractivity contribution in [3.63, 3.8) is 0 Å². The van der Waals surface area contributed by atoms with E-state index in [1.165, 1.54) is 12.1 Å². The molecule has 3 heterocycles. The summed E-state index contributed by atoms with van der Waals surface area (Å²) in [6.07, 6.45) is 4.07. The number of unbranched alkanes of at least 4 members (excludes halogenated alkanes) is 1. The minimum absolute atomic E-state index is 0.680.